The number of ether oxygens (including phenoxy) is 1. The van der Waals surface area contributed by atoms with Crippen LogP contribution in [0.5, 0.6) is 0 Å². The van der Waals surface area contributed by atoms with E-state index in [1.54, 1.807) is 18.6 Å². The molecule has 1 N–H and O–H groups in total. The maximum absolute atomic E-state index is 12.6. The van der Waals surface area contributed by atoms with Crippen LogP contribution in [-0.4, -0.2) is 46.1 Å². The Hall–Kier alpha value is -0.470. The van der Waals surface area contributed by atoms with Gasteiger partial charge < -0.3 is 10.1 Å². The van der Waals surface area contributed by atoms with Gasteiger partial charge in [-0.1, -0.05) is 6.92 Å². The number of methoxy groups -OCH3 is 1. The number of hydrogen-bond donors (Lipinski definition) is 1. The molecule has 1 rings (SSSR count). The third-order valence-electron chi connectivity index (χ3n) is 2.80. The van der Waals surface area contributed by atoms with Gasteiger partial charge in [-0.3, -0.25) is 0 Å². The molecule has 1 heterocycles. The Morgan fingerprint density at radius 2 is 2.21 bits per heavy atom. The van der Waals surface area contributed by atoms with Crippen LogP contribution >= 0.6 is 11.3 Å². The van der Waals surface area contributed by atoms with E-state index in [1.807, 2.05) is 20.9 Å². The van der Waals surface area contributed by atoms with Crippen molar-refractivity contribution in [2.75, 3.05) is 27.3 Å². The minimum absolute atomic E-state index is 0.173. The fraction of sp³-hybridized carbons (Fsp3) is 0.667. The van der Waals surface area contributed by atoms with Crippen LogP contribution in [0.4, 0.5) is 0 Å². The van der Waals surface area contributed by atoms with Crippen molar-refractivity contribution in [1.82, 2.24) is 9.62 Å². The van der Waals surface area contributed by atoms with Gasteiger partial charge in [-0.25, -0.2) is 8.42 Å². The molecule has 0 fully saturated rings. The monoisotopic (exact) mass is 306 g/mol. The zero-order valence-corrected chi connectivity index (χ0v) is 13.5. The van der Waals surface area contributed by atoms with Crippen LogP contribution in [-0.2, 0) is 21.3 Å². The topological polar surface area (TPSA) is 58.6 Å². The second-order valence-electron chi connectivity index (χ2n) is 4.29. The smallest absolute Gasteiger partial charge is 0.244 e. The van der Waals surface area contributed by atoms with E-state index in [-0.39, 0.29) is 6.04 Å². The van der Waals surface area contributed by atoms with E-state index in [0.29, 0.717) is 24.6 Å². The maximum Gasteiger partial charge on any atom is 0.244 e. The number of thiophene rings is 1. The van der Waals surface area contributed by atoms with Gasteiger partial charge in [0.05, 0.1) is 11.5 Å². The highest BCUT2D eigenvalue weighted by Crippen LogP contribution is 2.24. The van der Waals surface area contributed by atoms with E-state index in [0.717, 1.165) is 4.88 Å². The average molecular weight is 306 g/mol. The molecule has 7 heteroatoms. The van der Waals surface area contributed by atoms with E-state index < -0.39 is 10.0 Å². The molecule has 0 aliphatic rings. The summed E-state index contributed by atoms with van der Waals surface area (Å²) in [7, 11) is -0.0179. The van der Waals surface area contributed by atoms with Crippen LogP contribution in [0.3, 0.4) is 0 Å². The zero-order valence-electron chi connectivity index (χ0n) is 11.8. The van der Waals surface area contributed by atoms with Gasteiger partial charge in [-0.15, -0.1) is 11.3 Å². The minimum Gasteiger partial charge on any atom is -0.383 e. The van der Waals surface area contributed by atoms with Crippen molar-refractivity contribution < 1.29 is 13.2 Å². The van der Waals surface area contributed by atoms with Crippen LogP contribution in [0.2, 0.25) is 0 Å². The van der Waals surface area contributed by atoms with Crippen molar-refractivity contribution in [1.29, 1.82) is 0 Å². The number of hydrogen-bond acceptors (Lipinski definition) is 5. The number of nitrogens with zero attached hydrogens (tertiary/aromatic N) is 1. The summed E-state index contributed by atoms with van der Waals surface area (Å²) in [6.07, 6.45) is 0. The summed E-state index contributed by atoms with van der Waals surface area (Å²) in [4.78, 5) is 1.38. The second-order valence-corrected chi connectivity index (χ2v) is 7.18. The van der Waals surface area contributed by atoms with Crippen molar-refractivity contribution >= 4 is 21.4 Å². The van der Waals surface area contributed by atoms with E-state index in [1.165, 1.54) is 15.6 Å². The highest BCUT2D eigenvalue weighted by molar-refractivity contribution is 7.89. The fourth-order valence-electron chi connectivity index (χ4n) is 1.94. The molecule has 0 aliphatic carbocycles. The molecule has 1 aromatic heterocycles. The average Bonchev–Trinajstić information content (AvgIpc) is 2.79. The maximum atomic E-state index is 12.6. The van der Waals surface area contributed by atoms with Crippen LogP contribution in [0.25, 0.3) is 0 Å². The van der Waals surface area contributed by atoms with Crippen LogP contribution in [0.15, 0.2) is 16.3 Å². The van der Waals surface area contributed by atoms with Gasteiger partial charge in [0.25, 0.3) is 0 Å². The first-order valence-electron chi connectivity index (χ1n) is 6.20. The lowest BCUT2D eigenvalue weighted by Crippen LogP contribution is -2.40. The third-order valence-corrected chi connectivity index (χ3v) is 5.95. The highest BCUT2D eigenvalue weighted by Gasteiger charge is 2.28. The lowest BCUT2D eigenvalue weighted by molar-refractivity contribution is 0.142. The third kappa shape index (κ3) is 4.00. The van der Waals surface area contributed by atoms with Gasteiger partial charge in [-0.05, 0) is 20.0 Å². The Bertz CT molecular complexity index is 485. The first-order valence-corrected chi connectivity index (χ1v) is 8.52. The van der Waals surface area contributed by atoms with Gasteiger partial charge in [0.1, 0.15) is 0 Å². The molecule has 0 aromatic carbocycles. The molecular formula is C12H22N2O3S2. The standard InChI is InChI=1S/C12H22N2O3S2/c1-5-14(10(2)8-17-4)19(15,16)12-6-11(7-13-3)18-9-12/h6,9-10,13H,5,7-8H2,1-4H3. The van der Waals surface area contributed by atoms with E-state index >= 15 is 0 Å². The van der Waals surface area contributed by atoms with Crippen molar-refractivity contribution in [3.8, 4) is 0 Å². The number of nitrogens with one attached hydrogen (secondary N) is 1. The molecule has 19 heavy (non-hydrogen) atoms. The number of likely N-dealkylation sites (N-methyl/N-ethyl adjacent to an activating group) is 1. The van der Waals surface area contributed by atoms with E-state index in [2.05, 4.69) is 5.32 Å². The largest absolute Gasteiger partial charge is 0.383 e. The molecular weight excluding hydrogens is 284 g/mol. The summed E-state index contributed by atoms with van der Waals surface area (Å²) in [6.45, 7) is 5.20. The molecule has 0 saturated heterocycles. The summed E-state index contributed by atoms with van der Waals surface area (Å²) in [6, 6.07) is 1.56. The van der Waals surface area contributed by atoms with Crippen LogP contribution < -0.4 is 5.32 Å². The molecule has 1 atom stereocenters. The molecule has 110 valence electrons. The van der Waals surface area contributed by atoms with Crippen molar-refractivity contribution in [3.05, 3.63) is 16.3 Å². The Labute approximate surface area is 119 Å². The lowest BCUT2D eigenvalue weighted by Gasteiger charge is -2.26. The van der Waals surface area contributed by atoms with E-state index in [4.69, 9.17) is 4.74 Å². The first kappa shape index (κ1) is 16.6. The summed E-state index contributed by atoms with van der Waals surface area (Å²) < 4.78 is 31.6. The molecule has 5 nitrogen and oxygen atoms in total. The van der Waals surface area contributed by atoms with Crippen molar-refractivity contribution in [2.45, 2.75) is 31.3 Å². The SMILES string of the molecule is CCN(C(C)COC)S(=O)(=O)c1csc(CNC)c1. The summed E-state index contributed by atoms with van der Waals surface area (Å²) in [5.41, 5.74) is 0. The number of rotatable bonds is 8. The Morgan fingerprint density at radius 3 is 2.74 bits per heavy atom. The molecule has 0 saturated carbocycles. The Balaban J connectivity index is 2.99. The first-order chi connectivity index (χ1) is 8.97. The molecule has 0 bridgehead atoms. The fourth-order valence-corrected chi connectivity index (χ4v) is 4.84. The molecule has 1 unspecified atom stereocenters. The second kappa shape index (κ2) is 7.35. The predicted octanol–water partition coefficient (Wildman–Crippen LogP) is 1.51. The Kier molecular flexibility index (Phi) is 6.41. The summed E-state index contributed by atoms with van der Waals surface area (Å²) in [5.74, 6) is 0. The van der Waals surface area contributed by atoms with Crippen LogP contribution in [0, 0.1) is 0 Å². The van der Waals surface area contributed by atoms with E-state index in [9.17, 15) is 8.42 Å². The quantitative estimate of drug-likeness (QED) is 0.791. The van der Waals surface area contributed by atoms with Gasteiger partial charge in [-0.2, -0.15) is 4.31 Å². The predicted molar refractivity (Wildman–Crippen MR) is 78.0 cm³/mol. The lowest BCUT2D eigenvalue weighted by atomic mass is 10.4. The Morgan fingerprint density at radius 1 is 1.53 bits per heavy atom. The summed E-state index contributed by atoms with van der Waals surface area (Å²) >= 11 is 1.45. The van der Waals surface area contributed by atoms with Gasteiger partial charge >= 0.3 is 0 Å². The minimum atomic E-state index is -3.43. The highest BCUT2D eigenvalue weighted by atomic mass is 32.2. The molecule has 1 aromatic rings. The normalized spacial score (nSPS) is 13.9. The number of sulfonamides is 1. The molecule has 0 spiro atoms. The van der Waals surface area contributed by atoms with Crippen LogP contribution in [0.1, 0.15) is 18.7 Å². The molecule has 0 amide bonds. The van der Waals surface area contributed by atoms with Gasteiger partial charge in [0.2, 0.25) is 10.0 Å². The van der Waals surface area contributed by atoms with Crippen molar-refractivity contribution in [2.24, 2.45) is 0 Å². The molecule has 0 radical (unpaired) electrons. The summed E-state index contributed by atoms with van der Waals surface area (Å²) in [5, 5.41) is 4.72. The molecule has 0 aliphatic heterocycles. The zero-order chi connectivity index (χ0) is 14.5. The van der Waals surface area contributed by atoms with Gasteiger partial charge in [0, 0.05) is 36.5 Å². The van der Waals surface area contributed by atoms with Crippen molar-refractivity contribution in [3.63, 3.8) is 0 Å². The van der Waals surface area contributed by atoms with Gasteiger partial charge in [0.15, 0.2) is 0 Å².